The van der Waals surface area contributed by atoms with Crippen LogP contribution < -0.4 is 15.0 Å². The molecule has 1 amide bonds. The van der Waals surface area contributed by atoms with E-state index in [4.69, 9.17) is 19.2 Å². The van der Waals surface area contributed by atoms with Crippen LogP contribution in [0.2, 0.25) is 0 Å². The van der Waals surface area contributed by atoms with Crippen LogP contribution >= 0.6 is 0 Å². The lowest BCUT2D eigenvalue weighted by atomic mass is 10.0. The number of unbranched alkanes of at least 4 members (excludes halogenated alkanes) is 1. The Morgan fingerprint density at radius 3 is 2.53 bits per heavy atom. The number of anilines is 2. The fourth-order valence-electron chi connectivity index (χ4n) is 5.95. The number of rotatable bonds is 19. The molecule has 1 N–H and O–H groups in total. The molecule has 282 valence electrons. The van der Waals surface area contributed by atoms with Gasteiger partial charge in [-0.05, 0) is 80.3 Å². The quantitative estimate of drug-likeness (QED) is 0.0629. The van der Waals surface area contributed by atoms with Gasteiger partial charge in [0, 0.05) is 72.6 Å². The molecule has 3 heterocycles. The van der Waals surface area contributed by atoms with Crippen molar-refractivity contribution in [3.05, 3.63) is 84.1 Å². The van der Waals surface area contributed by atoms with Crippen molar-refractivity contribution in [1.29, 1.82) is 0 Å². The lowest BCUT2D eigenvalue weighted by molar-refractivity contribution is -0.142. The van der Waals surface area contributed by atoms with E-state index in [2.05, 4.69) is 34.3 Å². The van der Waals surface area contributed by atoms with Crippen molar-refractivity contribution in [3.63, 3.8) is 0 Å². The number of carbonyl (C=O) groups is 2. The highest BCUT2D eigenvalue weighted by atomic mass is 32.2. The van der Waals surface area contributed by atoms with Crippen molar-refractivity contribution in [1.82, 2.24) is 19.7 Å². The summed E-state index contributed by atoms with van der Waals surface area (Å²) in [5.41, 5.74) is 3.75. The van der Waals surface area contributed by atoms with E-state index in [1.165, 1.54) is 6.92 Å². The molecular formula is C40H50N6O6S. The maximum Gasteiger partial charge on any atom is 0.302 e. The smallest absolute Gasteiger partial charge is 0.302 e. The Morgan fingerprint density at radius 1 is 1.00 bits per heavy atom. The Bertz CT molecular complexity index is 1860. The summed E-state index contributed by atoms with van der Waals surface area (Å²) >= 11 is 0. The molecule has 1 aliphatic heterocycles. The highest BCUT2D eigenvalue weighted by Crippen LogP contribution is 2.31. The second-order valence-electron chi connectivity index (χ2n) is 13.1. The maximum absolute atomic E-state index is 13.5. The summed E-state index contributed by atoms with van der Waals surface area (Å²) in [5, 5.41) is 11.1. The zero-order valence-electron chi connectivity index (χ0n) is 31.1. The van der Waals surface area contributed by atoms with Gasteiger partial charge in [-0.2, -0.15) is 0 Å². The zero-order valence-corrected chi connectivity index (χ0v) is 31.9. The lowest BCUT2D eigenvalue weighted by Gasteiger charge is -2.21. The van der Waals surface area contributed by atoms with Crippen molar-refractivity contribution < 1.29 is 28.0 Å². The molecule has 1 saturated heterocycles. The van der Waals surface area contributed by atoms with Gasteiger partial charge in [-0.3, -0.25) is 13.8 Å². The Balaban J connectivity index is 1.29. The minimum Gasteiger partial charge on any atom is -0.491 e. The summed E-state index contributed by atoms with van der Waals surface area (Å²) < 4.78 is 31.7. The van der Waals surface area contributed by atoms with Crippen LogP contribution in [0.4, 0.5) is 11.5 Å². The van der Waals surface area contributed by atoms with Gasteiger partial charge in [0.05, 0.1) is 29.8 Å². The van der Waals surface area contributed by atoms with Crippen molar-refractivity contribution >= 4 is 40.3 Å². The number of carbonyl (C=O) groups excluding carboxylic acids is 2. The molecule has 5 rings (SSSR count). The van der Waals surface area contributed by atoms with Gasteiger partial charge in [-0.25, -0.2) is 4.98 Å². The first-order valence-electron chi connectivity index (χ1n) is 18.3. The molecule has 12 nitrogen and oxygen atoms in total. The summed E-state index contributed by atoms with van der Waals surface area (Å²) in [7, 11) is -1.31. The number of ether oxygens (including phenoxy) is 3. The van der Waals surface area contributed by atoms with Crippen LogP contribution in [-0.4, -0.2) is 75.4 Å². The van der Waals surface area contributed by atoms with E-state index in [0.29, 0.717) is 48.3 Å². The molecule has 2 aromatic carbocycles. The second-order valence-corrected chi connectivity index (χ2v) is 14.6. The number of aryl methyl sites for hydroxylation is 1. The Labute approximate surface area is 314 Å². The maximum atomic E-state index is 13.5. The van der Waals surface area contributed by atoms with Gasteiger partial charge in [0.25, 0.3) is 5.91 Å². The first-order chi connectivity index (χ1) is 25.7. The third-order valence-corrected chi connectivity index (χ3v) is 10.2. The second kappa shape index (κ2) is 19.8. The summed E-state index contributed by atoms with van der Waals surface area (Å²) in [5.74, 6) is 2.10. The zero-order chi connectivity index (χ0) is 37.6. The molecule has 1 fully saturated rings. The van der Waals surface area contributed by atoms with Crippen molar-refractivity contribution in [3.8, 4) is 16.9 Å². The predicted octanol–water partition coefficient (Wildman–Crippen LogP) is 6.68. The van der Waals surface area contributed by atoms with Crippen LogP contribution in [0.5, 0.6) is 5.75 Å². The molecular weight excluding hydrogens is 693 g/mol. The van der Waals surface area contributed by atoms with Crippen LogP contribution in [0.3, 0.4) is 0 Å². The first-order valence-corrected chi connectivity index (χ1v) is 19.6. The molecule has 4 aromatic rings. The number of aromatic nitrogens is 4. The number of pyridine rings is 1. The first kappa shape index (κ1) is 39.3. The Kier molecular flexibility index (Phi) is 14.7. The average molecular weight is 743 g/mol. The van der Waals surface area contributed by atoms with E-state index in [-0.39, 0.29) is 23.5 Å². The van der Waals surface area contributed by atoms with Crippen molar-refractivity contribution in [2.24, 2.45) is 5.92 Å². The van der Waals surface area contributed by atoms with Crippen LogP contribution in [0.15, 0.2) is 77.6 Å². The SMILES string of the molecule is CCCCOCCOc1ccc(-c2cnc(N3CCC(COC(C)=O)C3)c(/C=C(\C)C(=O)Nc3ccc(S(=O)Cc4nncn4CCC)cc3)c2)cc1. The molecule has 0 aliphatic carbocycles. The molecule has 13 heteroatoms. The molecule has 0 spiro atoms. The Hall–Kier alpha value is -4.88. The fraction of sp³-hybridized carbons (Fsp3) is 0.425. The van der Waals surface area contributed by atoms with E-state index in [9.17, 15) is 13.8 Å². The minimum atomic E-state index is -1.31. The number of nitrogens with zero attached hydrogens (tertiary/aromatic N) is 5. The number of esters is 1. The lowest BCUT2D eigenvalue weighted by Crippen LogP contribution is -2.23. The highest BCUT2D eigenvalue weighted by molar-refractivity contribution is 7.84. The van der Waals surface area contributed by atoms with Gasteiger partial charge in [-0.1, -0.05) is 32.4 Å². The molecule has 2 aromatic heterocycles. The summed E-state index contributed by atoms with van der Waals surface area (Å²) in [6.45, 7) is 11.7. The van der Waals surface area contributed by atoms with Gasteiger partial charge in [0.2, 0.25) is 0 Å². The van der Waals surface area contributed by atoms with Gasteiger partial charge < -0.3 is 29.0 Å². The topological polar surface area (TPSA) is 138 Å². The van der Waals surface area contributed by atoms with Crippen molar-refractivity contribution in [2.45, 2.75) is 70.6 Å². The van der Waals surface area contributed by atoms with E-state index >= 15 is 0 Å². The minimum absolute atomic E-state index is 0.193. The van der Waals surface area contributed by atoms with Gasteiger partial charge in [0.15, 0.2) is 0 Å². The summed E-state index contributed by atoms with van der Waals surface area (Å²) in [6.07, 6.45) is 9.30. The Morgan fingerprint density at radius 2 is 1.79 bits per heavy atom. The van der Waals surface area contributed by atoms with Crippen LogP contribution in [-0.2, 0) is 42.2 Å². The molecule has 0 bridgehead atoms. The van der Waals surface area contributed by atoms with E-state index in [1.54, 1.807) is 37.5 Å². The van der Waals surface area contributed by atoms with Gasteiger partial charge in [-0.15, -0.1) is 10.2 Å². The van der Waals surface area contributed by atoms with Crippen LogP contribution in [0.25, 0.3) is 17.2 Å². The van der Waals surface area contributed by atoms with E-state index in [0.717, 1.165) is 73.6 Å². The molecule has 1 aliphatic rings. The van der Waals surface area contributed by atoms with Gasteiger partial charge in [0.1, 0.15) is 30.3 Å². The fourth-order valence-corrected chi connectivity index (χ4v) is 7.01. The molecule has 0 radical (unpaired) electrons. The normalized spacial score (nSPS) is 15.0. The van der Waals surface area contributed by atoms with Crippen LogP contribution in [0, 0.1) is 5.92 Å². The van der Waals surface area contributed by atoms with Crippen LogP contribution in [0.1, 0.15) is 64.8 Å². The van der Waals surface area contributed by atoms with E-state index in [1.807, 2.05) is 47.2 Å². The number of nitrogens with one attached hydrogen (secondary N) is 1. The standard InChI is InChI=1S/C40H50N6O6S/c1-5-7-19-50-20-21-51-36-12-8-32(9-13-36)34-23-33(39(41-24-34)45-18-16-31(25-45)26-52-30(4)47)22-29(3)40(48)43-35-10-14-37(15-11-35)53(49)27-38-44-42-28-46(38)17-6-2/h8-15,22-24,28,31H,5-7,16-21,25-27H2,1-4H3,(H,43,48)/b29-22+. The highest BCUT2D eigenvalue weighted by Gasteiger charge is 2.26. The summed E-state index contributed by atoms with van der Waals surface area (Å²) in [6, 6.07) is 16.9. The van der Waals surface area contributed by atoms with Crippen molar-refractivity contribution in [2.75, 3.05) is 49.7 Å². The number of hydrogen-bond acceptors (Lipinski definition) is 10. The van der Waals surface area contributed by atoms with E-state index < -0.39 is 10.8 Å². The van der Waals surface area contributed by atoms with Gasteiger partial charge >= 0.3 is 5.97 Å². The number of benzene rings is 2. The number of amides is 1. The third kappa shape index (κ3) is 11.6. The average Bonchev–Trinajstić information content (AvgIpc) is 3.82. The predicted molar refractivity (Wildman–Crippen MR) is 207 cm³/mol. The molecule has 2 atom stereocenters. The molecule has 2 unspecified atom stereocenters. The monoisotopic (exact) mass is 742 g/mol. The third-order valence-electron chi connectivity index (χ3n) is 8.85. The molecule has 53 heavy (non-hydrogen) atoms. The largest absolute Gasteiger partial charge is 0.491 e. The number of hydrogen-bond donors (Lipinski definition) is 1. The summed E-state index contributed by atoms with van der Waals surface area (Å²) in [4.78, 5) is 32.6. The molecule has 0 saturated carbocycles.